The van der Waals surface area contributed by atoms with E-state index in [9.17, 15) is 30.3 Å². The Hall–Kier alpha value is -1.25. The summed E-state index contributed by atoms with van der Waals surface area (Å²) in [6, 6.07) is 0. The lowest BCUT2D eigenvalue weighted by molar-refractivity contribution is -0.289. The van der Waals surface area contributed by atoms with Crippen LogP contribution < -0.4 is 0 Å². The molecule has 0 aromatic heterocycles. The van der Waals surface area contributed by atoms with Gasteiger partial charge in [-0.25, -0.2) is 4.79 Å². The minimum atomic E-state index is -1.48. The molecular formula is C35H56O7. The second-order valence-corrected chi connectivity index (χ2v) is 16.7. The van der Waals surface area contributed by atoms with Crippen molar-refractivity contribution in [1.29, 1.82) is 0 Å². The van der Waals surface area contributed by atoms with Gasteiger partial charge in [0.2, 0.25) is 0 Å². The number of fused-ring (bicyclic) bond motifs is 7. The Morgan fingerprint density at radius 1 is 0.952 bits per heavy atom. The summed E-state index contributed by atoms with van der Waals surface area (Å²) in [5.41, 5.74) is -2.05. The van der Waals surface area contributed by atoms with Gasteiger partial charge in [0.25, 0.3) is 0 Å². The van der Waals surface area contributed by atoms with Gasteiger partial charge in [-0.2, -0.15) is 0 Å². The van der Waals surface area contributed by atoms with Gasteiger partial charge in [-0.3, -0.25) is 0 Å². The average molecular weight is 589 g/mol. The maximum Gasteiger partial charge on any atom is 0.333 e. The fourth-order valence-electron chi connectivity index (χ4n) is 11.5. The molecule has 0 aromatic carbocycles. The second-order valence-electron chi connectivity index (χ2n) is 16.7. The smallest absolute Gasteiger partial charge is 0.333 e. The molecule has 0 radical (unpaired) electrons. The summed E-state index contributed by atoms with van der Waals surface area (Å²) in [7, 11) is 0. The van der Waals surface area contributed by atoms with Crippen LogP contribution in [-0.4, -0.2) is 68.6 Å². The molecule has 42 heavy (non-hydrogen) atoms. The molecule has 5 rings (SSSR count). The summed E-state index contributed by atoms with van der Waals surface area (Å²) in [5.74, 6) is -0.345. The third-order valence-electron chi connectivity index (χ3n) is 14.5. The number of hydrogen-bond acceptors (Lipinski definition) is 7. The lowest BCUT2D eigenvalue weighted by Crippen LogP contribution is -2.76. The van der Waals surface area contributed by atoms with Crippen molar-refractivity contribution in [3.05, 3.63) is 23.3 Å². The van der Waals surface area contributed by atoms with E-state index < -0.39 is 59.2 Å². The molecule has 5 aliphatic carbocycles. The third-order valence-corrected chi connectivity index (χ3v) is 14.5. The maximum atomic E-state index is 12.9. The molecule has 0 unspecified atom stereocenters. The number of esters is 1. The molecule has 238 valence electrons. The number of allylic oxidation sites excluding steroid dienone is 2. The van der Waals surface area contributed by atoms with Gasteiger partial charge in [0.1, 0.15) is 12.2 Å². The van der Waals surface area contributed by atoms with Crippen LogP contribution in [0.1, 0.15) is 101 Å². The van der Waals surface area contributed by atoms with Gasteiger partial charge in [-0.05, 0) is 86.4 Å². The molecule has 0 saturated heterocycles. The number of hydrogen-bond donors (Lipinski definition) is 5. The van der Waals surface area contributed by atoms with Crippen LogP contribution in [0.3, 0.4) is 0 Å². The molecule has 0 aliphatic heterocycles. The predicted molar refractivity (Wildman–Crippen MR) is 161 cm³/mol. The molecule has 5 N–H and O–H groups in total. The van der Waals surface area contributed by atoms with Crippen molar-refractivity contribution in [2.45, 2.75) is 131 Å². The highest BCUT2D eigenvalue weighted by Crippen LogP contribution is 2.75. The summed E-state index contributed by atoms with van der Waals surface area (Å²) < 4.78 is 5.90. The number of rotatable bonds is 3. The molecule has 4 fully saturated rings. The number of ether oxygens (including phenoxy) is 1. The van der Waals surface area contributed by atoms with Gasteiger partial charge >= 0.3 is 5.97 Å². The fraction of sp³-hybridized carbons (Fsp3) is 0.857. The van der Waals surface area contributed by atoms with Crippen LogP contribution in [0.25, 0.3) is 0 Å². The van der Waals surface area contributed by atoms with Crippen molar-refractivity contribution < 1.29 is 35.1 Å². The highest BCUT2D eigenvalue weighted by Gasteiger charge is 2.75. The molecule has 0 amide bonds. The van der Waals surface area contributed by atoms with Gasteiger partial charge in [0.05, 0.1) is 30.3 Å². The predicted octanol–water partition coefficient (Wildman–Crippen LogP) is 4.54. The Balaban J connectivity index is 1.62. The Kier molecular flexibility index (Phi) is 7.56. The Morgan fingerprint density at radius 3 is 2.19 bits per heavy atom. The molecule has 0 spiro atoms. The normalized spacial score (nSPS) is 51.3. The van der Waals surface area contributed by atoms with Crippen LogP contribution in [0.2, 0.25) is 0 Å². The number of carbonyl (C=O) groups is 1. The standard InChI is InChI=1S/C35H56O7/c1-10-19(2)29(41)42-28-27(40)35(18-36)21(17-30(28,3)4)20-11-12-23-32(7)15-14-24(37)31(5,6)22(32)13-16-33(23,8)34(20,9)25(38)26(35)39/h10-11,21-28,36-40H,12-18H2,1-9H3/b19-10+/t21-,22-,23+,24-,25-,26+,27-,28-,32-,33+,34-,35-/m0/s1. The number of aliphatic hydroxyl groups is 5. The summed E-state index contributed by atoms with van der Waals surface area (Å²) in [6.45, 7) is 18.0. The van der Waals surface area contributed by atoms with Gasteiger partial charge < -0.3 is 30.3 Å². The van der Waals surface area contributed by atoms with Gasteiger partial charge in [-0.15, -0.1) is 0 Å². The van der Waals surface area contributed by atoms with Crippen LogP contribution in [0.5, 0.6) is 0 Å². The lowest BCUT2D eigenvalue weighted by atomic mass is 9.32. The van der Waals surface area contributed by atoms with E-state index in [1.807, 2.05) is 13.8 Å². The molecule has 0 aromatic rings. The molecule has 4 saturated carbocycles. The quantitative estimate of drug-likeness (QED) is 0.186. The van der Waals surface area contributed by atoms with Crippen molar-refractivity contribution in [3.8, 4) is 0 Å². The number of carbonyl (C=O) groups excluding carboxylic acids is 1. The van der Waals surface area contributed by atoms with E-state index >= 15 is 0 Å². The zero-order chi connectivity index (χ0) is 31.4. The first-order chi connectivity index (χ1) is 19.3. The van der Waals surface area contributed by atoms with E-state index in [-0.39, 0.29) is 28.3 Å². The molecular weight excluding hydrogens is 532 g/mol. The van der Waals surface area contributed by atoms with Gasteiger partial charge in [0.15, 0.2) is 0 Å². The van der Waals surface area contributed by atoms with E-state index in [0.717, 1.165) is 37.7 Å². The molecule has 7 heteroatoms. The van der Waals surface area contributed by atoms with E-state index in [0.29, 0.717) is 17.9 Å². The Bertz CT molecular complexity index is 1170. The Labute approximate surface area is 252 Å². The third kappa shape index (κ3) is 3.79. The van der Waals surface area contributed by atoms with Gasteiger partial charge in [-0.1, -0.05) is 66.2 Å². The summed E-state index contributed by atoms with van der Waals surface area (Å²) >= 11 is 0. The molecule has 7 nitrogen and oxygen atoms in total. The monoisotopic (exact) mass is 588 g/mol. The zero-order valence-electron chi connectivity index (χ0n) is 27.3. The topological polar surface area (TPSA) is 127 Å². The summed E-state index contributed by atoms with van der Waals surface area (Å²) in [4.78, 5) is 12.9. The SMILES string of the molecule is C/C=C(\C)C(=O)O[C@H]1[C@H](O)[C@]2(CO)[C@H](O)[C@H](O)[C@]3(C)C(=CC[C@@H]4[C@@]5(C)CC[C@H](O)C(C)(C)[C@@H]5CC[C@]43C)[C@@H]2CC1(C)C. The van der Waals surface area contributed by atoms with Crippen LogP contribution >= 0.6 is 0 Å². The van der Waals surface area contributed by atoms with E-state index in [1.165, 1.54) is 0 Å². The van der Waals surface area contributed by atoms with Crippen molar-refractivity contribution in [3.63, 3.8) is 0 Å². The highest BCUT2D eigenvalue weighted by atomic mass is 16.6. The van der Waals surface area contributed by atoms with Crippen molar-refractivity contribution in [2.75, 3.05) is 6.61 Å². The number of aliphatic hydroxyl groups excluding tert-OH is 5. The molecule has 0 bridgehead atoms. The Morgan fingerprint density at radius 2 is 1.60 bits per heavy atom. The van der Waals surface area contributed by atoms with Crippen LogP contribution in [0.4, 0.5) is 0 Å². The first-order valence-electron chi connectivity index (χ1n) is 16.2. The lowest BCUT2D eigenvalue weighted by Gasteiger charge is -2.73. The van der Waals surface area contributed by atoms with Crippen molar-refractivity contribution in [1.82, 2.24) is 0 Å². The first kappa shape index (κ1) is 32.2. The molecule has 12 atom stereocenters. The molecule has 5 aliphatic rings. The van der Waals surface area contributed by atoms with Crippen LogP contribution in [-0.2, 0) is 9.53 Å². The largest absolute Gasteiger partial charge is 0.456 e. The van der Waals surface area contributed by atoms with Gasteiger partial charge in [0, 0.05) is 16.4 Å². The van der Waals surface area contributed by atoms with E-state index in [2.05, 4.69) is 40.7 Å². The van der Waals surface area contributed by atoms with E-state index in [4.69, 9.17) is 4.74 Å². The van der Waals surface area contributed by atoms with Crippen molar-refractivity contribution >= 4 is 5.97 Å². The maximum absolute atomic E-state index is 12.9. The minimum absolute atomic E-state index is 0.0355. The zero-order valence-corrected chi connectivity index (χ0v) is 27.3. The summed E-state index contributed by atoms with van der Waals surface area (Å²) in [5, 5.41) is 58.4. The fourth-order valence-corrected chi connectivity index (χ4v) is 11.5. The van der Waals surface area contributed by atoms with Crippen LogP contribution in [0.15, 0.2) is 23.3 Å². The van der Waals surface area contributed by atoms with Crippen molar-refractivity contribution in [2.24, 2.45) is 50.2 Å². The first-order valence-corrected chi connectivity index (χ1v) is 16.2. The molecule has 0 heterocycles. The average Bonchev–Trinajstić information content (AvgIpc) is 2.92. The van der Waals surface area contributed by atoms with E-state index in [1.54, 1.807) is 19.9 Å². The minimum Gasteiger partial charge on any atom is -0.456 e. The highest BCUT2D eigenvalue weighted by molar-refractivity contribution is 5.87. The van der Waals surface area contributed by atoms with Crippen LogP contribution in [0, 0.1) is 50.2 Å². The summed E-state index contributed by atoms with van der Waals surface area (Å²) in [6.07, 6.45) is 3.39. The second kappa shape index (κ2) is 9.87.